The van der Waals surface area contributed by atoms with Crippen molar-refractivity contribution < 1.29 is 23.3 Å². The van der Waals surface area contributed by atoms with Gasteiger partial charge in [-0.25, -0.2) is 0 Å². The summed E-state index contributed by atoms with van der Waals surface area (Å²) in [4.78, 5) is 27.4. The van der Waals surface area contributed by atoms with Crippen LogP contribution in [0.4, 0.5) is 0 Å². The number of allylic oxidation sites excluding steroid dienone is 1. The Morgan fingerprint density at radius 3 is 2.57 bits per heavy atom. The molecule has 0 aromatic carbocycles. The molecule has 2 N–H and O–H groups in total. The summed E-state index contributed by atoms with van der Waals surface area (Å²) >= 11 is 0. The van der Waals surface area contributed by atoms with Crippen molar-refractivity contribution in [3.8, 4) is 5.88 Å². The first-order valence-corrected chi connectivity index (χ1v) is 13.6. The fourth-order valence-corrected chi connectivity index (χ4v) is 5.51. The summed E-state index contributed by atoms with van der Waals surface area (Å²) in [5, 5.41) is 3.78. The molecule has 0 saturated heterocycles. The third-order valence-electron chi connectivity index (χ3n) is 6.85. The van der Waals surface area contributed by atoms with Gasteiger partial charge in [0.05, 0.1) is 12.6 Å². The van der Waals surface area contributed by atoms with E-state index in [4.69, 9.17) is 19.4 Å². The normalized spacial score (nSPS) is 29.0. The molecule has 1 aromatic heterocycles. The predicted octanol–water partition coefficient (Wildman–Crippen LogP) is 4.20. The maximum Gasteiger partial charge on any atom is 0.265 e. The minimum Gasteiger partial charge on any atom is -0.475 e. The monoisotopic (exact) mass is 434 g/mol. The maximum atomic E-state index is 14.0. The van der Waals surface area contributed by atoms with Crippen LogP contribution in [0.25, 0.3) is 0 Å². The number of fused-ring (bicyclic) bond motifs is 2. The van der Waals surface area contributed by atoms with Crippen LogP contribution in [-0.4, -0.2) is 37.2 Å². The summed E-state index contributed by atoms with van der Waals surface area (Å²) in [5.74, 6) is -1.13. The van der Waals surface area contributed by atoms with Gasteiger partial charge in [-0.1, -0.05) is 47.1 Å². The topological polar surface area (TPSA) is 105 Å². The number of unbranched alkanes of at least 4 members (excludes halogenated alkanes) is 1. The molecule has 30 heavy (non-hydrogen) atoms. The highest BCUT2D eigenvalue weighted by atomic mass is 28.4. The molecule has 8 heteroatoms. The Balaban J connectivity index is 2.17. The van der Waals surface area contributed by atoms with Gasteiger partial charge in [-0.15, -0.1) is 0 Å². The van der Waals surface area contributed by atoms with E-state index in [2.05, 4.69) is 25.9 Å². The highest BCUT2D eigenvalue weighted by Crippen LogP contribution is 2.53. The summed E-state index contributed by atoms with van der Waals surface area (Å²) in [6.45, 7) is 14.7. The average molecular weight is 435 g/mol. The number of hydrogen-bond acceptors (Lipinski definition) is 7. The Kier molecular flexibility index (Phi) is 5.90. The van der Waals surface area contributed by atoms with Crippen LogP contribution < -0.4 is 10.5 Å². The van der Waals surface area contributed by atoms with Gasteiger partial charge in [0.25, 0.3) is 5.88 Å². The van der Waals surface area contributed by atoms with E-state index in [1.165, 1.54) is 6.08 Å². The number of ether oxygens (including phenoxy) is 1. The van der Waals surface area contributed by atoms with E-state index in [0.29, 0.717) is 6.61 Å². The molecule has 166 valence electrons. The van der Waals surface area contributed by atoms with Gasteiger partial charge in [-0.3, -0.25) is 9.59 Å². The van der Waals surface area contributed by atoms with Crippen molar-refractivity contribution >= 4 is 19.9 Å². The van der Waals surface area contributed by atoms with E-state index in [1.54, 1.807) is 6.08 Å². The number of nitrogens with two attached hydrogens (primary N) is 1. The van der Waals surface area contributed by atoms with Gasteiger partial charge in [0.15, 0.2) is 25.5 Å². The molecule has 7 nitrogen and oxygen atoms in total. The fraction of sp³-hybridized carbons (Fsp3) is 0.682. The van der Waals surface area contributed by atoms with E-state index in [-0.39, 0.29) is 33.9 Å². The van der Waals surface area contributed by atoms with Crippen LogP contribution in [0.15, 0.2) is 16.7 Å². The van der Waals surface area contributed by atoms with Gasteiger partial charge in [0, 0.05) is 5.92 Å². The first kappa shape index (κ1) is 22.9. The van der Waals surface area contributed by atoms with Crippen molar-refractivity contribution in [2.24, 2.45) is 17.6 Å². The van der Waals surface area contributed by atoms with E-state index in [9.17, 15) is 9.59 Å². The molecule has 0 saturated carbocycles. The Morgan fingerprint density at radius 1 is 1.30 bits per heavy atom. The van der Waals surface area contributed by atoms with Crippen molar-refractivity contribution in [2.45, 2.75) is 77.2 Å². The summed E-state index contributed by atoms with van der Waals surface area (Å²) in [6.07, 6.45) is 5.02. The molecule has 0 amide bonds. The number of carbonyl (C=O) groups excluding carboxylic acids is 2. The Morgan fingerprint density at radius 2 is 1.97 bits per heavy atom. The minimum absolute atomic E-state index is 0.102. The number of aromatic nitrogens is 1. The van der Waals surface area contributed by atoms with E-state index in [1.807, 2.05) is 26.9 Å². The average Bonchev–Trinajstić information content (AvgIpc) is 3.06. The second-order valence-electron chi connectivity index (χ2n) is 9.99. The van der Waals surface area contributed by atoms with E-state index >= 15 is 0 Å². The number of ketones is 2. The molecule has 2 aliphatic rings. The molecule has 1 aromatic rings. The van der Waals surface area contributed by atoms with Crippen LogP contribution in [0.3, 0.4) is 0 Å². The molecular formula is C22H34N2O5Si. The Hall–Kier alpha value is -1.77. The van der Waals surface area contributed by atoms with Crippen molar-refractivity contribution in [1.29, 1.82) is 0 Å². The molecule has 0 unspecified atom stereocenters. The van der Waals surface area contributed by atoms with Crippen LogP contribution in [0.2, 0.25) is 18.1 Å². The van der Waals surface area contributed by atoms with Gasteiger partial charge < -0.3 is 19.4 Å². The molecular weight excluding hydrogens is 400 g/mol. The fourth-order valence-electron chi connectivity index (χ4n) is 4.06. The van der Waals surface area contributed by atoms with Crippen molar-refractivity contribution in [3.05, 3.63) is 23.5 Å². The standard InChI is InChI=1S/C22H34N2O5Si/c1-8-9-12-27-20-15-18(28-24-20)17(23)16-13(2)10-11-14(25)22(16,19(15)26)29-30(6,7)21(3,4)5/h10-11,13,16-17H,8-9,12,23H2,1-7H3/t13-,16-,17-,22+/m0/s1. The van der Waals surface area contributed by atoms with Gasteiger partial charge in [-0.05, 0) is 41.7 Å². The minimum atomic E-state index is -2.52. The quantitative estimate of drug-likeness (QED) is 0.406. The number of rotatable bonds is 6. The summed E-state index contributed by atoms with van der Waals surface area (Å²) < 4.78 is 17.9. The molecule has 2 aliphatic carbocycles. The van der Waals surface area contributed by atoms with Crippen molar-refractivity contribution in [1.82, 2.24) is 5.16 Å². The Bertz CT molecular complexity index is 869. The van der Waals surface area contributed by atoms with Crippen molar-refractivity contribution in [2.75, 3.05) is 6.61 Å². The van der Waals surface area contributed by atoms with Gasteiger partial charge in [0.2, 0.25) is 5.78 Å². The first-order valence-electron chi connectivity index (χ1n) is 10.7. The van der Waals surface area contributed by atoms with Gasteiger partial charge in [0.1, 0.15) is 5.56 Å². The van der Waals surface area contributed by atoms with Crippen LogP contribution >= 0.6 is 0 Å². The van der Waals surface area contributed by atoms with Crippen LogP contribution in [0.5, 0.6) is 5.88 Å². The maximum absolute atomic E-state index is 14.0. The summed E-state index contributed by atoms with van der Waals surface area (Å²) in [5.41, 5.74) is 5.08. The molecule has 3 rings (SSSR count). The SMILES string of the molecule is CCCCOc1noc2c1C(=O)[C@@]1(O[Si](C)(C)C(C)(C)C)C(=O)C=C[C@H](C)[C@H]1[C@@H]2N. The lowest BCUT2D eigenvalue weighted by molar-refractivity contribution is -0.135. The lowest BCUT2D eigenvalue weighted by Crippen LogP contribution is -2.67. The molecule has 0 aliphatic heterocycles. The summed E-state index contributed by atoms with van der Waals surface area (Å²) in [7, 11) is -2.52. The number of nitrogens with zero attached hydrogens (tertiary/aromatic N) is 1. The third-order valence-corrected chi connectivity index (χ3v) is 11.3. The second kappa shape index (κ2) is 7.73. The Labute approximate surface area is 179 Å². The molecule has 0 bridgehead atoms. The van der Waals surface area contributed by atoms with E-state index in [0.717, 1.165) is 12.8 Å². The van der Waals surface area contributed by atoms with Gasteiger partial charge >= 0.3 is 0 Å². The number of carbonyl (C=O) groups is 2. The molecule has 0 radical (unpaired) electrons. The zero-order valence-electron chi connectivity index (χ0n) is 19.1. The first-order chi connectivity index (χ1) is 13.9. The lowest BCUT2D eigenvalue weighted by atomic mass is 9.62. The second-order valence-corrected chi connectivity index (χ2v) is 14.7. The smallest absolute Gasteiger partial charge is 0.265 e. The largest absolute Gasteiger partial charge is 0.475 e. The highest BCUT2D eigenvalue weighted by molar-refractivity contribution is 6.74. The van der Waals surface area contributed by atoms with Crippen LogP contribution in [0, 0.1) is 11.8 Å². The summed E-state index contributed by atoms with van der Waals surface area (Å²) in [6, 6.07) is -0.706. The molecule has 0 spiro atoms. The number of hydrogen-bond donors (Lipinski definition) is 1. The van der Waals surface area contributed by atoms with Crippen LogP contribution in [-0.2, 0) is 9.22 Å². The zero-order valence-corrected chi connectivity index (χ0v) is 20.1. The van der Waals surface area contributed by atoms with Crippen molar-refractivity contribution in [3.63, 3.8) is 0 Å². The predicted molar refractivity (Wildman–Crippen MR) is 116 cm³/mol. The number of Topliss-reactive ketones (excluding diaryl/α,β-unsaturated/α-hetero) is 1. The molecule has 0 fully saturated rings. The van der Waals surface area contributed by atoms with Crippen LogP contribution in [0.1, 0.15) is 69.6 Å². The third kappa shape index (κ3) is 3.38. The molecule has 4 atom stereocenters. The zero-order chi connectivity index (χ0) is 22.5. The highest BCUT2D eigenvalue weighted by Gasteiger charge is 2.65. The van der Waals surface area contributed by atoms with Gasteiger partial charge in [-0.2, -0.15) is 0 Å². The molecule has 1 heterocycles. The van der Waals surface area contributed by atoms with E-state index < -0.39 is 31.7 Å². The lowest BCUT2D eigenvalue weighted by Gasteiger charge is -2.51.